The molecule has 12 heteroatoms. The number of para-hydroxylation sites is 1. The third-order valence-corrected chi connectivity index (χ3v) is 5.88. The van der Waals surface area contributed by atoms with Crippen LogP contribution in [0.2, 0.25) is 0 Å². The summed E-state index contributed by atoms with van der Waals surface area (Å²) in [6.45, 7) is -1.16. The van der Waals surface area contributed by atoms with Gasteiger partial charge in [0.05, 0.1) is 13.2 Å². The van der Waals surface area contributed by atoms with E-state index in [2.05, 4.69) is 15.6 Å². The fourth-order valence-electron chi connectivity index (χ4n) is 4.04. The van der Waals surface area contributed by atoms with E-state index in [4.69, 9.17) is 10.8 Å². The van der Waals surface area contributed by atoms with Gasteiger partial charge >= 0.3 is 5.97 Å². The first-order chi connectivity index (χ1) is 16.3. The average molecular weight is 476 g/mol. The Hall–Kier alpha value is -3.48. The highest BCUT2D eigenvalue weighted by molar-refractivity contribution is 5.95. The molecule has 0 aliphatic carbocycles. The number of nitrogens with zero attached hydrogens (tertiary/aromatic N) is 1. The summed E-state index contributed by atoms with van der Waals surface area (Å²) in [5.74, 6) is -3.34. The molecular weight excluding hydrogens is 446 g/mol. The third-order valence-electron chi connectivity index (χ3n) is 5.88. The summed E-state index contributed by atoms with van der Waals surface area (Å²) in [5, 5.41) is 33.2. The predicted octanol–water partition coefficient (Wildman–Crippen LogP) is -1.93. The number of benzene rings is 1. The van der Waals surface area contributed by atoms with Crippen LogP contribution in [0.25, 0.3) is 10.9 Å². The van der Waals surface area contributed by atoms with Gasteiger partial charge in [-0.2, -0.15) is 0 Å². The number of aliphatic hydroxyl groups is 2. The Labute approximate surface area is 195 Å². The van der Waals surface area contributed by atoms with Crippen molar-refractivity contribution in [2.45, 2.75) is 43.4 Å². The van der Waals surface area contributed by atoms with Crippen LogP contribution in [0.5, 0.6) is 0 Å². The third kappa shape index (κ3) is 5.53. The van der Waals surface area contributed by atoms with Crippen LogP contribution in [-0.4, -0.2) is 92.8 Å². The van der Waals surface area contributed by atoms with Crippen LogP contribution in [0.3, 0.4) is 0 Å². The van der Waals surface area contributed by atoms with Crippen LogP contribution in [0.1, 0.15) is 18.4 Å². The van der Waals surface area contributed by atoms with E-state index >= 15 is 0 Å². The van der Waals surface area contributed by atoms with Gasteiger partial charge in [-0.3, -0.25) is 14.4 Å². The molecule has 2 heterocycles. The number of aromatic nitrogens is 1. The Bertz CT molecular complexity index is 1060. The van der Waals surface area contributed by atoms with E-state index in [1.807, 2.05) is 24.3 Å². The number of carboxylic acid groups (broad SMARTS) is 1. The number of H-pyrrole nitrogens is 1. The number of aromatic amines is 1. The lowest BCUT2D eigenvalue weighted by Gasteiger charge is -2.29. The number of nitrogens with two attached hydrogens (primary N) is 1. The van der Waals surface area contributed by atoms with Crippen molar-refractivity contribution < 1.29 is 34.5 Å². The highest BCUT2D eigenvalue weighted by atomic mass is 16.4. The lowest BCUT2D eigenvalue weighted by molar-refractivity contribution is -0.145. The van der Waals surface area contributed by atoms with Crippen LogP contribution < -0.4 is 16.4 Å². The lowest BCUT2D eigenvalue weighted by Crippen LogP contribution is -2.58. The van der Waals surface area contributed by atoms with Gasteiger partial charge in [-0.05, 0) is 24.5 Å². The van der Waals surface area contributed by atoms with Gasteiger partial charge in [0.1, 0.15) is 24.2 Å². The Morgan fingerprint density at radius 1 is 1.12 bits per heavy atom. The number of amides is 3. The zero-order chi connectivity index (χ0) is 24.8. The maximum Gasteiger partial charge on any atom is 0.328 e. The zero-order valence-electron chi connectivity index (χ0n) is 18.4. The molecule has 184 valence electrons. The number of carboxylic acids is 1. The van der Waals surface area contributed by atoms with E-state index in [1.54, 1.807) is 6.20 Å². The first kappa shape index (κ1) is 25.1. The molecule has 3 rings (SSSR count). The molecule has 0 bridgehead atoms. The van der Waals surface area contributed by atoms with Crippen molar-refractivity contribution in [2.24, 2.45) is 5.73 Å². The van der Waals surface area contributed by atoms with Crippen molar-refractivity contribution >= 4 is 34.6 Å². The fraction of sp³-hybridized carbons (Fsp3) is 0.455. The van der Waals surface area contributed by atoms with Gasteiger partial charge in [-0.25, -0.2) is 4.79 Å². The molecule has 0 radical (unpaired) electrons. The minimum atomic E-state index is -1.49. The monoisotopic (exact) mass is 475 g/mol. The first-order valence-corrected chi connectivity index (χ1v) is 10.9. The number of rotatable bonds is 10. The van der Waals surface area contributed by atoms with Crippen LogP contribution in [0, 0.1) is 0 Å². The highest BCUT2D eigenvalue weighted by Gasteiger charge is 2.39. The molecule has 1 aromatic heterocycles. The van der Waals surface area contributed by atoms with Gasteiger partial charge < -0.3 is 41.6 Å². The van der Waals surface area contributed by atoms with Crippen LogP contribution in [-0.2, 0) is 25.6 Å². The van der Waals surface area contributed by atoms with Gasteiger partial charge in [0.15, 0.2) is 0 Å². The Balaban J connectivity index is 1.83. The van der Waals surface area contributed by atoms with E-state index in [0.717, 1.165) is 16.5 Å². The summed E-state index contributed by atoms with van der Waals surface area (Å²) in [6, 6.07) is 2.70. The first-order valence-electron chi connectivity index (χ1n) is 10.9. The second-order valence-corrected chi connectivity index (χ2v) is 8.19. The van der Waals surface area contributed by atoms with Crippen molar-refractivity contribution in [1.29, 1.82) is 0 Å². The second kappa shape index (κ2) is 11.1. The summed E-state index contributed by atoms with van der Waals surface area (Å²) >= 11 is 0. The topological polar surface area (TPSA) is 198 Å². The number of carbonyl (C=O) groups excluding carboxylic acids is 3. The minimum absolute atomic E-state index is 0.103. The largest absolute Gasteiger partial charge is 0.480 e. The van der Waals surface area contributed by atoms with Crippen molar-refractivity contribution in [3.8, 4) is 0 Å². The maximum absolute atomic E-state index is 13.5. The molecule has 8 N–H and O–H groups in total. The quantitative estimate of drug-likeness (QED) is 0.206. The number of nitrogens with one attached hydrogen (secondary N) is 3. The van der Waals surface area contributed by atoms with Gasteiger partial charge in [0.25, 0.3) is 0 Å². The summed E-state index contributed by atoms with van der Waals surface area (Å²) in [4.78, 5) is 54.2. The van der Waals surface area contributed by atoms with Crippen LogP contribution >= 0.6 is 0 Å². The van der Waals surface area contributed by atoms with Gasteiger partial charge in [0, 0.05) is 30.1 Å². The number of hydrogen-bond donors (Lipinski definition) is 7. The molecule has 4 atom stereocenters. The molecule has 1 aliphatic rings. The normalized spacial score (nSPS) is 18.3. The van der Waals surface area contributed by atoms with Crippen molar-refractivity contribution in [1.82, 2.24) is 20.5 Å². The standard InChI is InChI=1S/C22H29N5O7/c23-14(10-28)19(30)25-16(8-12-9-24-15-5-2-1-4-13(12)15)21(32)27-7-3-6-18(27)20(31)26-17(11-29)22(33)34/h1-2,4-5,9,14,16-18,24,28-29H,3,6-8,10-11,23H2,(H,25,30)(H,26,31)(H,33,34). The molecule has 1 fully saturated rings. The number of likely N-dealkylation sites (tertiary alicyclic amines) is 1. The van der Waals surface area contributed by atoms with Crippen LogP contribution in [0.4, 0.5) is 0 Å². The molecule has 0 saturated carbocycles. The molecule has 1 aliphatic heterocycles. The summed E-state index contributed by atoms with van der Waals surface area (Å²) < 4.78 is 0. The molecule has 1 aromatic carbocycles. The van der Waals surface area contributed by atoms with Crippen molar-refractivity contribution in [2.75, 3.05) is 19.8 Å². The molecule has 0 spiro atoms. The van der Waals surface area contributed by atoms with Gasteiger partial charge in [0.2, 0.25) is 17.7 Å². The maximum atomic E-state index is 13.5. The Morgan fingerprint density at radius 3 is 2.53 bits per heavy atom. The van der Waals surface area contributed by atoms with E-state index in [9.17, 15) is 29.4 Å². The summed E-state index contributed by atoms with van der Waals surface area (Å²) in [7, 11) is 0. The molecule has 1 saturated heterocycles. The fourth-order valence-corrected chi connectivity index (χ4v) is 4.04. The number of fused-ring (bicyclic) bond motifs is 1. The Kier molecular flexibility index (Phi) is 8.21. The predicted molar refractivity (Wildman–Crippen MR) is 120 cm³/mol. The highest BCUT2D eigenvalue weighted by Crippen LogP contribution is 2.23. The van der Waals surface area contributed by atoms with E-state index in [0.29, 0.717) is 12.8 Å². The molecule has 3 amide bonds. The number of aliphatic hydroxyl groups excluding tert-OH is 2. The van der Waals surface area contributed by atoms with Crippen molar-refractivity contribution in [3.63, 3.8) is 0 Å². The van der Waals surface area contributed by atoms with Gasteiger partial charge in [-0.1, -0.05) is 18.2 Å². The second-order valence-electron chi connectivity index (χ2n) is 8.19. The SMILES string of the molecule is NC(CO)C(=O)NC(Cc1c[nH]c2ccccc12)C(=O)N1CCCC1C(=O)NC(CO)C(=O)O. The average Bonchev–Trinajstić information content (AvgIpc) is 3.48. The van der Waals surface area contributed by atoms with Crippen molar-refractivity contribution in [3.05, 3.63) is 36.0 Å². The van der Waals surface area contributed by atoms with E-state index < -0.39 is 61.1 Å². The number of hydrogen-bond acceptors (Lipinski definition) is 7. The van der Waals surface area contributed by atoms with Gasteiger partial charge in [-0.15, -0.1) is 0 Å². The van der Waals surface area contributed by atoms with Crippen LogP contribution in [0.15, 0.2) is 30.5 Å². The minimum Gasteiger partial charge on any atom is -0.480 e. The molecule has 12 nitrogen and oxygen atoms in total. The molecule has 2 aromatic rings. The lowest BCUT2D eigenvalue weighted by atomic mass is 10.0. The Morgan fingerprint density at radius 2 is 1.85 bits per heavy atom. The summed E-state index contributed by atoms with van der Waals surface area (Å²) in [5.41, 5.74) is 7.23. The number of aliphatic carboxylic acids is 1. The molecule has 34 heavy (non-hydrogen) atoms. The zero-order valence-corrected chi connectivity index (χ0v) is 18.4. The molecular formula is C22H29N5O7. The van der Waals surface area contributed by atoms with E-state index in [-0.39, 0.29) is 13.0 Å². The number of carbonyl (C=O) groups is 4. The van der Waals surface area contributed by atoms with E-state index in [1.165, 1.54) is 4.90 Å². The molecule has 4 unspecified atom stereocenters. The summed E-state index contributed by atoms with van der Waals surface area (Å²) in [6.07, 6.45) is 2.64. The smallest absolute Gasteiger partial charge is 0.328 e.